The van der Waals surface area contributed by atoms with Crippen LogP contribution in [-0.4, -0.2) is 52.3 Å². The Kier molecular flexibility index (Phi) is 7.15. The summed E-state index contributed by atoms with van der Waals surface area (Å²) in [5.41, 5.74) is 8.60. The Hall–Kier alpha value is -4.56. The molecule has 0 aliphatic rings. The highest BCUT2D eigenvalue weighted by atomic mass is 19.1. The van der Waals surface area contributed by atoms with Gasteiger partial charge < -0.3 is 15.5 Å². The number of aromatic amines is 1. The predicted molar refractivity (Wildman–Crippen MR) is 153 cm³/mol. The SMILES string of the molecule is C=C(Nc1cccc(-c2cc(F)cc(NCCN(C)C)c2)c1C)c1n[nH]c2ccc(-c3ccccn3)nc12. The number of likely N-dealkylation sites (N-methyl/N-ethyl adjacent to an activating group) is 1. The highest BCUT2D eigenvalue weighted by Crippen LogP contribution is 2.33. The first kappa shape index (κ1) is 25.1. The third-order valence-corrected chi connectivity index (χ3v) is 6.34. The third kappa shape index (κ3) is 5.40. The van der Waals surface area contributed by atoms with Crippen LogP contribution in [0.3, 0.4) is 0 Å². The summed E-state index contributed by atoms with van der Waals surface area (Å²) in [7, 11) is 4.02. The second-order valence-corrected chi connectivity index (χ2v) is 9.42. The molecule has 3 N–H and O–H groups in total. The lowest BCUT2D eigenvalue weighted by molar-refractivity contribution is 0.425. The molecule has 0 bridgehead atoms. The Balaban J connectivity index is 1.42. The average molecular weight is 508 g/mol. The third-order valence-electron chi connectivity index (χ3n) is 6.34. The summed E-state index contributed by atoms with van der Waals surface area (Å²) in [4.78, 5) is 11.3. The molecule has 0 saturated carbocycles. The summed E-state index contributed by atoms with van der Waals surface area (Å²) in [5, 5.41) is 14.2. The normalized spacial score (nSPS) is 11.2. The molecule has 3 heterocycles. The van der Waals surface area contributed by atoms with Gasteiger partial charge in [-0.3, -0.25) is 10.1 Å². The number of pyridine rings is 2. The fourth-order valence-corrected chi connectivity index (χ4v) is 4.34. The molecule has 0 amide bonds. The quantitative estimate of drug-likeness (QED) is 0.221. The molecular weight excluding hydrogens is 477 g/mol. The summed E-state index contributed by atoms with van der Waals surface area (Å²) in [6, 6.07) is 20.6. The number of nitrogens with zero attached hydrogens (tertiary/aromatic N) is 4. The Morgan fingerprint density at radius 1 is 1.03 bits per heavy atom. The number of aromatic nitrogens is 4. The summed E-state index contributed by atoms with van der Waals surface area (Å²) in [6.45, 7) is 7.83. The molecule has 5 aromatic rings. The lowest BCUT2D eigenvalue weighted by atomic mass is 9.98. The largest absolute Gasteiger partial charge is 0.384 e. The van der Waals surface area contributed by atoms with Gasteiger partial charge in [0.15, 0.2) is 0 Å². The van der Waals surface area contributed by atoms with E-state index in [1.54, 1.807) is 12.3 Å². The number of anilines is 2. The summed E-state index contributed by atoms with van der Waals surface area (Å²) >= 11 is 0. The highest BCUT2D eigenvalue weighted by Gasteiger charge is 2.15. The minimum atomic E-state index is -0.283. The Morgan fingerprint density at radius 3 is 2.68 bits per heavy atom. The van der Waals surface area contributed by atoms with E-state index < -0.39 is 0 Å². The van der Waals surface area contributed by atoms with Crippen LogP contribution in [0.4, 0.5) is 15.8 Å². The first-order valence-corrected chi connectivity index (χ1v) is 12.4. The van der Waals surface area contributed by atoms with Crippen molar-refractivity contribution in [3.05, 3.63) is 96.6 Å². The van der Waals surface area contributed by atoms with Crippen molar-refractivity contribution in [1.82, 2.24) is 25.1 Å². The van der Waals surface area contributed by atoms with E-state index in [2.05, 4.69) is 37.3 Å². The second-order valence-electron chi connectivity index (χ2n) is 9.42. The summed E-state index contributed by atoms with van der Waals surface area (Å²) in [5.74, 6) is -0.283. The monoisotopic (exact) mass is 507 g/mol. The smallest absolute Gasteiger partial charge is 0.134 e. The fourth-order valence-electron chi connectivity index (χ4n) is 4.34. The molecule has 0 aliphatic heterocycles. The molecule has 0 spiro atoms. The lowest BCUT2D eigenvalue weighted by Gasteiger charge is -2.16. The molecule has 2 aromatic carbocycles. The molecule has 192 valence electrons. The Labute approximate surface area is 221 Å². The maximum absolute atomic E-state index is 14.5. The number of hydrogen-bond donors (Lipinski definition) is 3. The van der Waals surface area contributed by atoms with Crippen LogP contribution in [0.1, 0.15) is 11.3 Å². The Morgan fingerprint density at radius 2 is 1.89 bits per heavy atom. The summed E-state index contributed by atoms with van der Waals surface area (Å²) in [6.07, 6.45) is 1.75. The van der Waals surface area contributed by atoms with Crippen molar-refractivity contribution in [3.63, 3.8) is 0 Å². The van der Waals surface area contributed by atoms with Crippen LogP contribution in [0, 0.1) is 12.7 Å². The van der Waals surface area contributed by atoms with Crippen LogP contribution in [-0.2, 0) is 0 Å². The zero-order chi connectivity index (χ0) is 26.6. The minimum Gasteiger partial charge on any atom is -0.384 e. The number of benzene rings is 2. The van der Waals surface area contributed by atoms with Gasteiger partial charge in [-0.25, -0.2) is 9.37 Å². The van der Waals surface area contributed by atoms with Crippen LogP contribution < -0.4 is 10.6 Å². The molecule has 5 rings (SSSR count). The predicted octanol–water partition coefficient (Wildman–Crippen LogP) is 6.19. The van der Waals surface area contributed by atoms with E-state index in [-0.39, 0.29) is 5.82 Å². The highest BCUT2D eigenvalue weighted by molar-refractivity contribution is 5.92. The second kappa shape index (κ2) is 10.8. The van der Waals surface area contributed by atoms with Crippen molar-refractivity contribution in [2.24, 2.45) is 0 Å². The van der Waals surface area contributed by atoms with Crippen molar-refractivity contribution in [2.45, 2.75) is 6.92 Å². The first-order chi connectivity index (χ1) is 18.4. The molecule has 0 aliphatic carbocycles. The van der Waals surface area contributed by atoms with E-state index in [1.807, 2.05) is 75.6 Å². The van der Waals surface area contributed by atoms with Crippen molar-refractivity contribution < 1.29 is 4.39 Å². The number of hydrogen-bond acceptors (Lipinski definition) is 6. The zero-order valence-electron chi connectivity index (χ0n) is 21.7. The van der Waals surface area contributed by atoms with E-state index in [0.29, 0.717) is 16.9 Å². The number of halogens is 1. The molecule has 38 heavy (non-hydrogen) atoms. The van der Waals surface area contributed by atoms with Crippen LogP contribution in [0.5, 0.6) is 0 Å². The lowest BCUT2D eigenvalue weighted by Crippen LogP contribution is -2.20. The van der Waals surface area contributed by atoms with Gasteiger partial charge in [-0.2, -0.15) is 5.10 Å². The topological polar surface area (TPSA) is 81.8 Å². The van der Waals surface area contributed by atoms with Crippen molar-refractivity contribution in [2.75, 3.05) is 37.8 Å². The van der Waals surface area contributed by atoms with Crippen molar-refractivity contribution >= 4 is 28.1 Å². The molecule has 0 radical (unpaired) electrons. The average Bonchev–Trinajstić information content (AvgIpc) is 3.33. The van der Waals surface area contributed by atoms with E-state index in [0.717, 1.165) is 58.1 Å². The number of rotatable bonds is 9. The minimum absolute atomic E-state index is 0.283. The van der Waals surface area contributed by atoms with E-state index >= 15 is 0 Å². The molecule has 0 unspecified atom stereocenters. The van der Waals surface area contributed by atoms with Crippen LogP contribution in [0.2, 0.25) is 0 Å². The molecule has 8 heteroatoms. The van der Waals surface area contributed by atoms with Gasteiger partial charge in [0.05, 0.1) is 22.6 Å². The molecule has 7 nitrogen and oxygen atoms in total. The van der Waals surface area contributed by atoms with Crippen LogP contribution in [0.25, 0.3) is 39.2 Å². The molecular formula is C30H30FN7. The number of nitrogens with one attached hydrogen (secondary N) is 3. The molecule has 0 fully saturated rings. The maximum Gasteiger partial charge on any atom is 0.134 e. The Bertz CT molecular complexity index is 1590. The first-order valence-electron chi connectivity index (χ1n) is 12.4. The van der Waals surface area contributed by atoms with Gasteiger partial charge in [0.2, 0.25) is 0 Å². The maximum atomic E-state index is 14.5. The van der Waals surface area contributed by atoms with E-state index in [9.17, 15) is 4.39 Å². The van der Waals surface area contributed by atoms with Crippen LogP contribution in [0.15, 0.2) is 79.5 Å². The van der Waals surface area contributed by atoms with Gasteiger partial charge >= 0.3 is 0 Å². The van der Waals surface area contributed by atoms with Gasteiger partial charge in [-0.1, -0.05) is 24.8 Å². The van der Waals surface area contributed by atoms with Gasteiger partial charge in [0.1, 0.15) is 17.0 Å². The molecule has 3 aromatic heterocycles. The van der Waals surface area contributed by atoms with E-state index in [4.69, 9.17) is 4.98 Å². The molecule has 0 atom stereocenters. The zero-order valence-corrected chi connectivity index (χ0v) is 21.7. The fraction of sp³-hybridized carbons (Fsp3) is 0.167. The summed E-state index contributed by atoms with van der Waals surface area (Å²) < 4.78 is 14.5. The van der Waals surface area contributed by atoms with Gasteiger partial charge in [-0.15, -0.1) is 0 Å². The number of H-pyrrole nitrogens is 1. The van der Waals surface area contributed by atoms with E-state index in [1.165, 1.54) is 6.07 Å². The van der Waals surface area contributed by atoms with Crippen molar-refractivity contribution in [1.29, 1.82) is 0 Å². The molecule has 0 saturated heterocycles. The van der Waals surface area contributed by atoms with Crippen molar-refractivity contribution in [3.8, 4) is 22.5 Å². The van der Waals surface area contributed by atoms with Gasteiger partial charge in [0.25, 0.3) is 0 Å². The number of fused-ring (bicyclic) bond motifs is 1. The van der Waals surface area contributed by atoms with Crippen LogP contribution >= 0.6 is 0 Å². The van der Waals surface area contributed by atoms with Gasteiger partial charge in [0, 0.05) is 30.7 Å². The van der Waals surface area contributed by atoms with Gasteiger partial charge in [-0.05, 0) is 86.2 Å². The standard InChI is InChI=1S/C30H30FN7/c1-19-24(21-16-22(31)18-23(17-21)32-14-15-38(3)4)8-7-10-25(19)34-20(2)29-30-28(36-37-29)12-11-27(35-30)26-9-5-6-13-33-26/h5-13,16-18,32,34H,2,14-15H2,1,3-4H3,(H,36,37).